The predicted octanol–water partition coefficient (Wildman–Crippen LogP) is 2.71. The fourth-order valence-electron chi connectivity index (χ4n) is 2.01. The third kappa shape index (κ3) is 1.97. The lowest BCUT2D eigenvalue weighted by Gasteiger charge is -2.19. The van der Waals surface area contributed by atoms with Gasteiger partial charge in [-0.3, -0.25) is 0 Å². The van der Waals surface area contributed by atoms with Crippen molar-refractivity contribution in [1.29, 1.82) is 0 Å². The fraction of sp³-hybridized carbons (Fsp3) is 0.417. The van der Waals surface area contributed by atoms with Gasteiger partial charge in [0.1, 0.15) is 0 Å². The van der Waals surface area contributed by atoms with Gasteiger partial charge >= 0.3 is 0 Å². The molecule has 1 saturated heterocycles. The Morgan fingerprint density at radius 1 is 1.38 bits per heavy atom. The quantitative estimate of drug-likeness (QED) is 0.891. The summed E-state index contributed by atoms with van der Waals surface area (Å²) in [5, 5.41) is 11.4. The zero-order valence-corrected chi connectivity index (χ0v) is 10.5. The van der Waals surface area contributed by atoms with Crippen molar-refractivity contribution in [2.45, 2.75) is 18.4 Å². The summed E-state index contributed by atoms with van der Waals surface area (Å²) < 4.78 is 1.21. The Labute approximate surface area is 103 Å². The highest BCUT2D eigenvalue weighted by Gasteiger charge is 2.32. The van der Waals surface area contributed by atoms with Crippen LogP contribution >= 0.6 is 23.1 Å². The molecule has 0 radical (unpaired) electrons. The smallest absolute Gasteiger partial charge is 0.0967 e. The van der Waals surface area contributed by atoms with Gasteiger partial charge in [0.05, 0.1) is 20.8 Å². The van der Waals surface area contributed by atoms with Crippen molar-refractivity contribution < 1.29 is 5.11 Å². The Balaban J connectivity index is 1.89. The van der Waals surface area contributed by atoms with Gasteiger partial charge in [0, 0.05) is 12.2 Å². The minimum Gasteiger partial charge on any atom is -0.389 e. The largest absolute Gasteiger partial charge is 0.389 e. The predicted molar refractivity (Wildman–Crippen MR) is 70.2 cm³/mol. The van der Waals surface area contributed by atoms with Gasteiger partial charge in [0.2, 0.25) is 0 Å². The van der Waals surface area contributed by atoms with Gasteiger partial charge in [-0.2, -0.15) is 11.8 Å². The van der Waals surface area contributed by atoms with E-state index in [1.54, 1.807) is 11.3 Å². The maximum absolute atomic E-state index is 10.3. The van der Waals surface area contributed by atoms with Crippen LogP contribution in [-0.4, -0.2) is 27.2 Å². The van der Waals surface area contributed by atoms with Gasteiger partial charge in [-0.15, -0.1) is 11.3 Å². The van der Waals surface area contributed by atoms with E-state index in [9.17, 15) is 5.11 Å². The van der Waals surface area contributed by atoms with E-state index in [4.69, 9.17) is 0 Å². The molecule has 84 valence electrons. The number of para-hydroxylation sites is 1. The maximum atomic E-state index is 10.3. The fourth-order valence-corrected chi connectivity index (χ4v) is 4.41. The number of rotatable bonds is 2. The van der Waals surface area contributed by atoms with Crippen LogP contribution in [0.25, 0.3) is 10.2 Å². The third-order valence-electron chi connectivity index (χ3n) is 2.90. The minimum absolute atomic E-state index is 0.515. The van der Waals surface area contributed by atoms with Crippen LogP contribution in [0.4, 0.5) is 0 Å². The molecule has 1 fully saturated rings. The van der Waals surface area contributed by atoms with Crippen LogP contribution in [0.5, 0.6) is 0 Å². The zero-order chi connectivity index (χ0) is 11.0. The van der Waals surface area contributed by atoms with Gasteiger partial charge in [0.15, 0.2) is 0 Å². The number of aromatic nitrogens is 1. The Kier molecular flexibility index (Phi) is 2.65. The van der Waals surface area contributed by atoms with Crippen LogP contribution in [-0.2, 0) is 6.42 Å². The van der Waals surface area contributed by atoms with Crippen molar-refractivity contribution in [3.8, 4) is 0 Å². The van der Waals surface area contributed by atoms with E-state index in [1.165, 1.54) is 4.70 Å². The molecule has 1 aliphatic heterocycles. The molecule has 4 heteroatoms. The molecule has 0 bridgehead atoms. The first-order chi connectivity index (χ1) is 7.75. The highest BCUT2D eigenvalue weighted by Crippen LogP contribution is 2.33. The number of aliphatic hydroxyl groups is 1. The van der Waals surface area contributed by atoms with Crippen molar-refractivity contribution in [2.24, 2.45) is 0 Å². The van der Waals surface area contributed by atoms with Crippen LogP contribution in [0.15, 0.2) is 24.3 Å². The molecular weight excluding hydrogens is 238 g/mol. The summed E-state index contributed by atoms with van der Waals surface area (Å²) in [4.78, 5) is 4.57. The molecule has 3 rings (SSSR count). The van der Waals surface area contributed by atoms with Gasteiger partial charge in [-0.25, -0.2) is 4.98 Å². The molecule has 1 aromatic heterocycles. The average molecular weight is 251 g/mol. The number of benzene rings is 1. The standard InChI is InChI=1S/C12H13NOS2/c14-12(5-6-15-8-12)7-11-13-9-3-1-2-4-10(9)16-11/h1-4,14H,5-8H2. The number of fused-ring (bicyclic) bond motifs is 1. The van der Waals surface area contributed by atoms with Crippen LogP contribution in [0.3, 0.4) is 0 Å². The third-order valence-corrected chi connectivity index (χ3v) is 5.17. The van der Waals surface area contributed by atoms with Crippen LogP contribution in [0, 0.1) is 0 Å². The van der Waals surface area contributed by atoms with Gasteiger partial charge in [0.25, 0.3) is 0 Å². The molecule has 1 aliphatic rings. The minimum atomic E-state index is -0.515. The molecule has 1 unspecified atom stereocenters. The second kappa shape index (κ2) is 4.02. The molecule has 0 aliphatic carbocycles. The summed E-state index contributed by atoms with van der Waals surface area (Å²) in [6, 6.07) is 8.16. The van der Waals surface area contributed by atoms with Crippen LogP contribution in [0.1, 0.15) is 11.4 Å². The lowest BCUT2D eigenvalue weighted by molar-refractivity contribution is 0.0686. The first-order valence-corrected chi connectivity index (χ1v) is 7.37. The lowest BCUT2D eigenvalue weighted by Crippen LogP contribution is -2.30. The second-order valence-electron chi connectivity index (χ2n) is 4.28. The van der Waals surface area contributed by atoms with Gasteiger partial charge < -0.3 is 5.11 Å². The molecule has 2 nitrogen and oxygen atoms in total. The highest BCUT2D eigenvalue weighted by atomic mass is 32.2. The van der Waals surface area contributed by atoms with Gasteiger partial charge in [-0.1, -0.05) is 12.1 Å². The molecular formula is C12H13NOS2. The average Bonchev–Trinajstić information content (AvgIpc) is 2.84. The number of thioether (sulfide) groups is 1. The van der Waals surface area contributed by atoms with Crippen molar-refractivity contribution in [3.63, 3.8) is 0 Å². The Hall–Kier alpha value is -0.580. The molecule has 1 atom stereocenters. The normalized spacial score (nSPS) is 25.3. The van der Waals surface area contributed by atoms with E-state index in [-0.39, 0.29) is 0 Å². The molecule has 1 N–H and O–H groups in total. The SMILES string of the molecule is OC1(Cc2nc3ccccc3s2)CCSC1. The van der Waals surface area contributed by atoms with Crippen molar-refractivity contribution >= 4 is 33.3 Å². The summed E-state index contributed by atoms with van der Waals surface area (Å²) in [5.41, 5.74) is 0.537. The summed E-state index contributed by atoms with van der Waals surface area (Å²) >= 11 is 3.54. The number of hydrogen-bond acceptors (Lipinski definition) is 4. The summed E-state index contributed by atoms with van der Waals surface area (Å²) in [5.74, 6) is 1.92. The first kappa shape index (κ1) is 10.6. The Morgan fingerprint density at radius 2 is 2.25 bits per heavy atom. The number of nitrogens with zero attached hydrogens (tertiary/aromatic N) is 1. The van der Waals surface area contributed by atoms with E-state index < -0.39 is 5.60 Å². The Morgan fingerprint density at radius 3 is 3.00 bits per heavy atom. The molecule has 2 heterocycles. The summed E-state index contributed by atoms with van der Waals surface area (Å²) in [7, 11) is 0. The van der Waals surface area contributed by atoms with Crippen molar-refractivity contribution in [1.82, 2.24) is 4.98 Å². The highest BCUT2D eigenvalue weighted by molar-refractivity contribution is 7.99. The van der Waals surface area contributed by atoms with Gasteiger partial charge in [-0.05, 0) is 24.3 Å². The van der Waals surface area contributed by atoms with Crippen molar-refractivity contribution in [2.75, 3.05) is 11.5 Å². The molecule has 16 heavy (non-hydrogen) atoms. The number of hydrogen-bond donors (Lipinski definition) is 1. The Bertz CT molecular complexity index is 469. The second-order valence-corrected chi connectivity index (χ2v) is 6.50. The summed E-state index contributed by atoms with van der Waals surface area (Å²) in [6.07, 6.45) is 1.60. The van der Waals surface area contributed by atoms with E-state index in [0.717, 1.165) is 28.5 Å². The van der Waals surface area contributed by atoms with E-state index >= 15 is 0 Å². The number of thiazole rings is 1. The van der Waals surface area contributed by atoms with Crippen molar-refractivity contribution in [3.05, 3.63) is 29.3 Å². The molecule has 0 spiro atoms. The van der Waals surface area contributed by atoms with Crippen LogP contribution in [0.2, 0.25) is 0 Å². The summed E-state index contributed by atoms with van der Waals surface area (Å²) in [6.45, 7) is 0. The zero-order valence-electron chi connectivity index (χ0n) is 8.85. The molecule has 1 aromatic carbocycles. The van der Waals surface area contributed by atoms with E-state index in [0.29, 0.717) is 6.42 Å². The molecule has 0 saturated carbocycles. The van der Waals surface area contributed by atoms with E-state index in [1.807, 2.05) is 30.0 Å². The molecule has 2 aromatic rings. The maximum Gasteiger partial charge on any atom is 0.0967 e. The first-order valence-electron chi connectivity index (χ1n) is 5.40. The molecule has 0 amide bonds. The van der Waals surface area contributed by atoms with Crippen LogP contribution < -0.4 is 0 Å². The topological polar surface area (TPSA) is 33.1 Å². The van der Waals surface area contributed by atoms with E-state index in [2.05, 4.69) is 11.1 Å². The monoisotopic (exact) mass is 251 g/mol. The lowest BCUT2D eigenvalue weighted by atomic mass is 10.00.